The van der Waals surface area contributed by atoms with E-state index in [1.165, 1.54) is 0 Å². The van der Waals surface area contributed by atoms with Gasteiger partial charge in [-0.3, -0.25) is 4.79 Å². The van der Waals surface area contributed by atoms with E-state index in [0.29, 0.717) is 6.04 Å². The Balaban J connectivity index is 2.19. The largest absolute Gasteiger partial charge is 0.373 e. The third-order valence-electron chi connectivity index (χ3n) is 3.67. The minimum atomic E-state index is 0.122. The second-order valence-electron chi connectivity index (χ2n) is 5.69. The topological polar surface area (TPSA) is 48.5 Å². The first kappa shape index (κ1) is 14.8. The van der Waals surface area contributed by atoms with Crippen molar-refractivity contribution in [3.63, 3.8) is 0 Å². The van der Waals surface area contributed by atoms with Crippen LogP contribution < -0.4 is 5.32 Å². The van der Waals surface area contributed by atoms with Crippen LogP contribution in [0.4, 0.5) is 5.82 Å². The van der Waals surface area contributed by atoms with Crippen molar-refractivity contribution in [1.29, 1.82) is 0 Å². The van der Waals surface area contributed by atoms with Gasteiger partial charge in [-0.2, -0.15) is 0 Å². The summed E-state index contributed by atoms with van der Waals surface area (Å²) in [5.41, 5.74) is 1.59. The average Bonchev–Trinajstić information content (AvgIpc) is 2.84. The van der Waals surface area contributed by atoms with Gasteiger partial charge in [0.1, 0.15) is 5.82 Å². The number of aromatic nitrogens is 1. The Labute approximate surface area is 121 Å². The zero-order chi connectivity index (χ0) is 14.7. The number of hydrogen-bond acceptors (Lipinski definition) is 4. The zero-order valence-electron chi connectivity index (χ0n) is 12.8. The molecular formula is C15H24N4O. The van der Waals surface area contributed by atoms with Gasteiger partial charge in [-0.15, -0.1) is 0 Å². The predicted molar refractivity (Wildman–Crippen MR) is 81.1 cm³/mol. The lowest BCUT2D eigenvalue weighted by Gasteiger charge is -2.27. The summed E-state index contributed by atoms with van der Waals surface area (Å²) in [4.78, 5) is 21.2. The van der Waals surface area contributed by atoms with E-state index in [0.717, 1.165) is 43.0 Å². The number of aryl methyl sites for hydroxylation is 1. The molecule has 0 bridgehead atoms. The number of carbonyl (C=O) groups is 1. The van der Waals surface area contributed by atoms with Crippen molar-refractivity contribution in [3.05, 3.63) is 23.4 Å². The molecule has 5 nitrogen and oxygen atoms in total. The average molecular weight is 276 g/mol. The zero-order valence-corrected chi connectivity index (χ0v) is 12.8. The number of likely N-dealkylation sites (N-methyl/N-ethyl adjacent to an activating group) is 1. The van der Waals surface area contributed by atoms with Gasteiger partial charge >= 0.3 is 0 Å². The van der Waals surface area contributed by atoms with Crippen molar-refractivity contribution >= 4 is 11.7 Å². The Morgan fingerprint density at radius 1 is 1.50 bits per heavy atom. The van der Waals surface area contributed by atoms with Crippen molar-refractivity contribution in [3.8, 4) is 0 Å². The summed E-state index contributed by atoms with van der Waals surface area (Å²) in [6, 6.07) is 4.03. The molecule has 0 radical (unpaired) electrons. The van der Waals surface area contributed by atoms with Crippen molar-refractivity contribution in [1.82, 2.24) is 14.8 Å². The molecule has 110 valence electrons. The van der Waals surface area contributed by atoms with Crippen LogP contribution in [0.3, 0.4) is 0 Å². The molecule has 20 heavy (non-hydrogen) atoms. The van der Waals surface area contributed by atoms with Gasteiger partial charge in [-0.1, -0.05) is 0 Å². The molecule has 1 aromatic heterocycles. The lowest BCUT2D eigenvalue weighted by Crippen LogP contribution is -2.41. The molecule has 1 aromatic rings. The van der Waals surface area contributed by atoms with Gasteiger partial charge in [-0.25, -0.2) is 4.98 Å². The first-order valence-corrected chi connectivity index (χ1v) is 7.13. The molecular weight excluding hydrogens is 252 g/mol. The van der Waals surface area contributed by atoms with Crippen molar-refractivity contribution in [2.24, 2.45) is 0 Å². The minimum absolute atomic E-state index is 0.122. The fraction of sp³-hybridized carbons (Fsp3) is 0.600. The van der Waals surface area contributed by atoms with Crippen LogP contribution in [0.5, 0.6) is 0 Å². The highest BCUT2D eigenvalue weighted by atomic mass is 16.2. The summed E-state index contributed by atoms with van der Waals surface area (Å²) in [6.07, 6.45) is 2.18. The number of rotatable bonds is 4. The molecule has 0 saturated carbocycles. The maximum Gasteiger partial charge on any atom is 0.254 e. The van der Waals surface area contributed by atoms with Crippen LogP contribution in [0.25, 0.3) is 0 Å². The molecule has 1 amide bonds. The van der Waals surface area contributed by atoms with Crippen molar-refractivity contribution < 1.29 is 4.79 Å². The number of carbonyl (C=O) groups excluding carboxylic acids is 1. The van der Waals surface area contributed by atoms with Crippen LogP contribution in [-0.4, -0.2) is 61.0 Å². The monoisotopic (exact) mass is 276 g/mol. The first-order valence-electron chi connectivity index (χ1n) is 7.13. The summed E-state index contributed by atoms with van der Waals surface area (Å²) in [7, 11) is 5.92. The van der Waals surface area contributed by atoms with Gasteiger partial charge in [0.25, 0.3) is 5.91 Å². The van der Waals surface area contributed by atoms with Crippen LogP contribution in [0.15, 0.2) is 12.1 Å². The van der Waals surface area contributed by atoms with E-state index in [2.05, 4.69) is 29.3 Å². The van der Waals surface area contributed by atoms with Crippen LogP contribution in [0.2, 0.25) is 0 Å². The van der Waals surface area contributed by atoms with Crippen molar-refractivity contribution in [2.75, 3.05) is 39.5 Å². The van der Waals surface area contributed by atoms with Gasteiger partial charge in [0.2, 0.25) is 0 Å². The summed E-state index contributed by atoms with van der Waals surface area (Å²) in [5, 5.41) is 3.01. The number of hydrogen-bond donors (Lipinski definition) is 1. The Bertz CT molecular complexity index is 487. The van der Waals surface area contributed by atoms with Gasteiger partial charge in [0, 0.05) is 37.4 Å². The van der Waals surface area contributed by atoms with Crippen molar-refractivity contribution in [2.45, 2.75) is 25.8 Å². The molecule has 2 heterocycles. The maximum atomic E-state index is 12.7. The molecule has 1 atom stereocenters. The summed E-state index contributed by atoms with van der Waals surface area (Å²) in [5.74, 6) is 0.869. The molecule has 1 aliphatic heterocycles. The Hall–Kier alpha value is -1.62. The third-order valence-corrected chi connectivity index (χ3v) is 3.67. The molecule has 1 aliphatic rings. The summed E-state index contributed by atoms with van der Waals surface area (Å²) < 4.78 is 0. The molecule has 0 spiro atoms. The van der Waals surface area contributed by atoms with Gasteiger partial charge < -0.3 is 15.1 Å². The standard InChI is InChI=1S/C15H24N4O/c1-11-8-12(9-14(16-2)17-11)15(20)19-7-5-6-13(19)10-18(3)4/h8-9,13H,5-7,10H2,1-4H3,(H,16,17). The predicted octanol–water partition coefficient (Wildman–Crippen LogP) is 1.60. The van der Waals surface area contributed by atoms with Crippen LogP contribution >= 0.6 is 0 Å². The number of anilines is 1. The van der Waals surface area contributed by atoms with E-state index in [1.54, 1.807) is 0 Å². The van der Waals surface area contributed by atoms with E-state index in [1.807, 2.05) is 31.0 Å². The molecule has 5 heteroatoms. The number of likely N-dealkylation sites (tertiary alicyclic amines) is 1. The third kappa shape index (κ3) is 3.28. The number of nitrogens with zero attached hydrogens (tertiary/aromatic N) is 3. The SMILES string of the molecule is CNc1cc(C(=O)N2CCCC2CN(C)C)cc(C)n1. The smallest absolute Gasteiger partial charge is 0.254 e. The maximum absolute atomic E-state index is 12.7. The Morgan fingerprint density at radius 2 is 2.25 bits per heavy atom. The summed E-state index contributed by atoms with van der Waals surface area (Å²) in [6.45, 7) is 3.70. The van der Waals surface area contributed by atoms with Crippen LogP contribution in [-0.2, 0) is 0 Å². The lowest BCUT2D eigenvalue weighted by atomic mass is 10.1. The highest BCUT2D eigenvalue weighted by molar-refractivity contribution is 5.95. The quantitative estimate of drug-likeness (QED) is 0.907. The highest BCUT2D eigenvalue weighted by Crippen LogP contribution is 2.21. The second-order valence-corrected chi connectivity index (χ2v) is 5.69. The molecule has 0 aliphatic carbocycles. The number of amides is 1. The number of pyridine rings is 1. The van der Waals surface area contributed by atoms with E-state index < -0.39 is 0 Å². The van der Waals surface area contributed by atoms with Gasteiger partial charge in [-0.05, 0) is 46.0 Å². The van der Waals surface area contributed by atoms with Crippen LogP contribution in [0.1, 0.15) is 28.9 Å². The Morgan fingerprint density at radius 3 is 2.90 bits per heavy atom. The summed E-state index contributed by atoms with van der Waals surface area (Å²) >= 11 is 0. The Kier molecular flexibility index (Phi) is 4.60. The fourth-order valence-corrected chi connectivity index (χ4v) is 2.80. The molecule has 1 fully saturated rings. The van der Waals surface area contributed by atoms with E-state index in [4.69, 9.17) is 0 Å². The van der Waals surface area contributed by atoms with Crippen LogP contribution in [0, 0.1) is 6.92 Å². The first-order chi connectivity index (χ1) is 9.51. The molecule has 1 N–H and O–H groups in total. The van der Waals surface area contributed by atoms with E-state index >= 15 is 0 Å². The van der Waals surface area contributed by atoms with Gasteiger partial charge in [0.05, 0.1) is 0 Å². The normalized spacial score (nSPS) is 18.6. The lowest BCUT2D eigenvalue weighted by molar-refractivity contribution is 0.0716. The molecule has 0 aromatic carbocycles. The molecule has 2 rings (SSSR count). The molecule has 1 unspecified atom stereocenters. The molecule has 1 saturated heterocycles. The van der Waals surface area contributed by atoms with E-state index in [-0.39, 0.29) is 5.91 Å². The number of nitrogens with one attached hydrogen (secondary N) is 1. The highest BCUT2D eigenvalue weighted by Gasteiger charge is 2.29. The second kappa shape index (κ2) is 6.22. The minimum Gasteiger partial charge on any atom is -0.373 e. The van der Waals surface area contributed by atoms with E-state index in [9.17, 15) is 4.79 Å². The van der Waals surface area contributed by atoms with Gasteiger partial charge in [0.15, 0.2) is 0 Å². The fourth-order valence-electron chi connectivity index (χ4n) is 2.80.